The van der Waals surface area contributed by atoms with Crippen molar-refractivity contribution < 1.29 is 40.6 Å². The van der Waals surface area contributed by atoms with Crippen molar-refractivity contribution in [3.05, 3.63) is 36.5 Å². The Morgan fingerprint density at radius 2 is 1.76 bits per heavy atom. The first-order valence-corrected chi connectivity index (χ1v) is 9.49. The second-order valence-electron chi connectivity index (χ2n) is 5.84. The van der Waals surface area contributed by atoms with Crippen LogP contribution < -0.4 is 23.1 Å². The average molecular weight is 420 g/mol. The fourth-order valence-electron chi connectivity index (χ4n) is 2.93. The van der Waals surface area contributed by atoms with Gasteiger partial charge in [-0.25, -0.2) is 8.42 Å². The highest BCUT2D eigenvalue weighted by molar-refractivity contribution is 7.81. The van der Waals surface area contributed by atoms with Crippen LogP contribution in [0.15, 0.2) is 41.1 Å². The third-order valence-electron chi connectivity index (χ3n) is 4.16. The quantitative estimate of drug-likeness (QED) is 0.433. The molecule has 0 amide bonds. The second-order valence-corrected chi connectivity index (χ2v) is 6.82. The average Bonchev–Trinajstić information content (AvgIpc) is 3.35. The predicted octanol–water partition coefficient (Wildman–Crippen LogP) is 2.59. The maximum Gasteiger partial charge on any atom is 0.262 e. The highest BCUT2D eigenvalue weighted by Crippen LogP contribution is 2.46. The molecule has 0 saturated heterocycles. The van der Waals surface area contributed by atoms with E-state index in [9.17, 15) is 13.0 Å². The topological polar surface area (TPSA) is 129 Å². The SMILES string of the molecule is COc1ccc(-c2cnoc2-c2cc(OC)c3c(c2)OCO3)cc1OS(=O)(=O)[O-]. The number of rotatable bonds is 6. The molecule has 0 N–H and O–H groups in total. The molecule has 0 fully saturated rings. The summed E-state index contributed by atoms with van der Waals surface area (Å²) in [4.78, 5) is 0. The molecule has 0 aliphatic carbocycles. The van der Waals surface area contributed by atoms with Gasteiger partial charge in [-0.3, -0.25) is 0 Å². The lowest BCUT2D eigenvalue weighted by molar-refractivity contribution is 0.171. The number of ether oxygens (including phenoxy) is 4. The van der Waals surface area contributed by atoms with Crippen molar-refractivity contribution in [3.63, 3.8) is 0 Å². The van der Waals surface area contributed by atoms with Crippen molar-refractivity contribution in [2.24, 2.45) is 0 Å². The summed E-state index contributed by atoms with van der Waals surface area (Å²) in [5.41, 5.74) is 1.59. The van der Waals surface area contributed by atoms with Gasteiger partial charge in [-0.1, -0.05) is 11.2 Å². The van der Waals surface area contributed by atoms with Crippen molar-refractivity contribution in [3.8, 4) is 51.2 Å². The smallest absolute Gasteiger partial charge is 0.262 e. The fourth-order valence-corrected chi connectivity index (χ4v) is 3.28. The van der Waals surface area contributed by atoms with Gasteiger partial charge in [-0.05, 0) is 29.8 Å². The monoisotopic (exact) mass is 420 g/mol. The van der Waals surface area contributed by atoms with Gasteiger partial charge in [0.2, 0.25) is 12.5 Å². The van der Waals surface area contributed by atoms with Crippen LogP contribution in [-0.2, 0) is 10.4 Å². The molecule has 0 unspecified atom stereocenters. The molecule has 152 valence electrons. The minimum absolute atomic E-state index is 0.0707. The Kier molecular flexibility index (Phi) is 4.68. The third kappa shape index (κ3) is 3.65. The van der Waals surface area contributed by atoms with Crippen LogP contribution in [0, 0.1) is 0 Å². The Labute approximate surface area is 165 Å². The van der Waals surface area contributed by atoms with Crippen LogP contribution in [0.5, 0.6) is 28.7 Å². The highest BCUT2D eigenvalue weighted by atomic mass is 32.3. The zero-order chi connectivity index (χ0) is 20.6. The molecule has 29 heavy (non-hydrogen) atoms. The molecule has 10 nitrogen and oxygen atoms in total. The van der Waals surface area contributed by atoms with E-state index >= 15 is 0 Å². The van der Waals surface area contributed by atoms with Crippen molar-refractivity contribution in [1.82, 2.24) is 5.16 Å². The number of hydrogen-bond donors (Lipinski definition) is 0. The van der Waals surface area contributed by atoms with Crippen LogP contribution in [0.3, 0.4) is 0 Å². The van der Waals surface area contributed by atoms with Crippen molar-refractivity contribution in [2.45, 2.75) is 0 Å². The number of aromatic nitrogens is 1. The molecular formula is C18H14NO9S-. The van der Waals surface area contributed by atoms with Gasteiger partial charge in [0.15, 0.2) is 28.8 Å². The van der Waals surface area contributed by atoms with Crippen molar-refractivity contribution in [1.29, 1.82) is 0 Å². The Hall–Kier alpha value is -3.44. The van der Waals surface area contributed by atoms with Crippen LogP contribution in [0.1, 0.15) is 0 Å². The van der Waals surface area contributed by atoms with Crippen molar-refractivity contribution >= 4 is 10.4 Å². The van der Waals surface area contributed by atoms with Gasteiger partial charge in [-0.15, -0.1) is 0 Å². The first kappa shape index (κ1) is 18.9. The van der Waals surface area contributed by atoms with Gasteiger partial charge in [0, 0.05) is 11.1 Å². The van der Waals surface area contributed by atoms with Crippen LogP contribution in [0.2, 0.25) is 0 Å². The van der Waals surface area contributed by atoms with Gasteiger partial charge in [-0.2, -0.15) is 0 Å². The van der Waals surface area contributed by atoms with E-state index in [-0.39, 0.29) is 18.3 Å². The Balaban J connectivity index is 1.81. The lowest BCUT2D eigenvalue weighted by Crippen LogP contribution is -2.08. The van der Waals surface area contributed by atoms with Crippen molar-refractivity contribution in [2.75, 3.05) is 21.0 Å². The van der Waals surface area contributed by atoms with Crippen LogP contribution >= 0.6 is 0 Å². The number of fused-ring (bicyclic) bond motifs is 1. The summed E-state index contributed by atoms with van der Waals surface area (Å²) in [5, 5.41) is 3.83. The van der Waals surface area contributed by atoms with Crippen LogP contribution in [0.4, 0.5) is 0 Å². The van der Waals surface area contributed by atoms with E-state index in [4.69, 9.17) is 23.5 Å². The van der Waals surface area contributed by atoms with Gasteiger partial charge in [0.05, 0.1) is 20.4 Å². The number of nitrogens with zero attached hydrogens (tertiary/aromatic N) is 1. The molecule has 0 bridgehead atoms. The molecule has 1 aliphatic heterocycles. The summed E-state index contributed by atoms with van der Waals surface area (Å²) >= 11 is 0. The minimum Gasteiger partial charge on any atom is -0.716 e. The summed E-state index contributed by atoms with van der Waals surface area (Å²) < 4.78 is 64.2. The van der Waals surface area contributed by atoms with E-state index in [1.807, 2.05) is 0 Å². The predicted molar refractivity (Wildman–Crippen MR) is 96.9 cm³/mol. The molecular weight excluding hydrogens is 406 g/mol. The lowest BCUT2D eigenvalue weighted by Gasteiger charge is -2.13. The molecule has 2 aromatic carbocycles. The lowest BCUT2D eigenvalue weighted by atomic mass is 10.0. The molecule has 0 saturated carbocycles. The van der Waals surface area contributed by atoms with Gasteiger partial charge < -0.3 is 32.2 Å². The van der Waals surface area contributed by atoms with E-state index in [0.717, 1.165) is 0 Å². The Morgan fingerprint density at radius 3 is 2.48 bits per heavy atom. The maximum absolute atomic E-state index is 11.0. The minimum atomic E-state index is -4.99. The zero-order valence-corrected chi connectivity index (χ0v) is 16.0. The van der Waals surface area contributed by atoms with E-state index in [0.29, 0.717) is 39.7 Å². The van der Waals surface area contributed by atoms with E-state index < -0.39 is 10.4 Å². The molecule has 1 aliphatic rings. The van der Waals surface area contributed by atoms with E-state index in [1.165, 1.54) is 32.5 Å². The Morgan fingerprint density at radius 1 is 1.00 bits per heavy atom. The van der Waals surface area contributed by atoms with Crippen LogP contribution in [0.25, 0.3) is 22.5 Å². The largest absolute Gasteiger partial charge is 0.716 e. The standard InChI is InChI=1S/C18H15NO9S/c1-23-13-4-3-10(5-14(13)28-29(20,21)22)12-8-19-27-17(12)11-6-15(24-2)18-16(7-11)25-9-26-18/h3-8H,9H2,1-2H3,(H,20,21,22)/p-1. The molecule has 0 atom stereocenters. The summed E-state index contributed by atoms with van der Waals surface area (Å²) in [6.07, 6.45) is 1.45. The molecule has 11 heteroatoms. The zero-order valence-electron chi connectivity index (χ0n) is 15.2. The summed E-state index contributed by atoms with van der Waals surface area (Å²) in [6.45, 7) is 0.0707. The van der Waals surface area contributed by atoms with E-state index in [2.05, 4.69) is 9.34 Å². The Bertz CT molecular complexity index is 1170. The second kappa shape index (κ2) is 7.18. The normalized spacial score (nSPS) is 12.7. The molecule has 1 aromatic heterocycles. The van der Waals surface area contributed by atoms with Gasteiger partial charge >= 0.3 is 0 Å². The molecule has 0 spiro atoms. The molecule has 4 rings (SSSR count). The first-order chi connectivity index (χ1) is 13.9. The summed E-state index contributed by atoms with van der Waals surface area (Å²) in [5.74, 6) is 1.61. The third-order valence-corrected chi connectivity index (χ3v) is 4.54. The van der Waals surface area contributed by atoms with E-state index in [1.54, 1.807) is 18.2 Å². The van der Waals surface area contributed by atoms with Gasteiger partial charge in [0.25, 0.3) is 10.4 Å². The summed E-state index contributed by atoms with van der Waals surface area (Å²) in [7, 11) is -2.17. The molecule has 0 radical (unpaired) electrons. The summed E-state index contributed by atoms with van der Waals surface area (Å²) in [6, 6.07) is 7.85. The first-order valence-electron chi connectivity index (χ1n) is 8.16. The molecule has 2 heterocycles. The number of benzene rings is 2. The van der Waals surface area contributed by atoms with Gasteiger partial charge in [0.1, 0.15) is 0 Å². The molecule has 3 aromatic rings. The van der Waals surface area contributed by atoms with Crippen LogP contribution in [-0.4, -0.2) is 39.1 Å². The maximum atomic E-state index is 11.0. The number of methoxy groups -OCH3 is 2. The fraction of sp³-hybridized carbons (Fsp3) is 0.167. The number of hydrogen-bond acceptors (Lipinski definition) is 10. The highest BCUT2D eigenvalue weighted by Gasteiger charge is 2.24.